The first-order chi connectivity index (χ1) is 9.20. The van der Waals surface area contributed by atoms with E-state index in [4.69, 9.17) is 16.7 Å². The molecule has 0 aliphatic rings. The summed E-state index contributed by atoms with van der Waals surface area (Å²) in [5, 5.41) is 11.7. The number of carbonyl (C=O) groups excluding carboxylic acids is 1. The molecule has 0 saturated heterocycles. The predicted octanol–water partition coefficient (Wildman–Crippen LogP) is 2.60. The molecule has 1 rings (SSSR count). The summed E-state index contributed by atoms with van der Waals surface area (Å²) in [4.78, 5) is 22.2. The largest absolute Gasteiger partial charge is 0.464 e. The number of carboxylic acid groups (broad SMARTS) is 1. The van der Waals surface area contributed by atoms with Gasteiger partial charge in [0.15, 0.2) is 0 Å². The van der Waals surface area contributed by atoms with E-state index in [1.807, 2.05) is 26.2 Å². The first-order valence-electron chi connectivity index (χ1n) is 6.02. The summed E-state index contributed by atoms with van der Waals surface area (Å²) in [5.74, 6) is -0.0642. The van der Waals surface area contributed by atoms with Gasteiger partial charge in [-0.1, -0.05) is 38.4 Å². The molecule has 0 bridgehead atoms. The number of carbonyl (C=O) groups is 2. The average molecular weight is 300 g/mol. The number of halogens is 1. The van der Waals surface area contributed by atoms with Crippen LogP contribution in [0.1, 0.15) is 26.3 Å². The molecule has 0 saturated carbocycles. The van der Waals surface area contributed by atoms with Crippen molar-refractivity contribution in [1.82, 2.24) is 10.7 Å². The van der Waals surface area contributed by atoms with Crippen LogP contribution in [0.3, 0.4) is 0 Å². The Morgan fingerprint density at radius 3 is 2.50 bits per heavy atom. The van der Waals surface area contributed by atoms with Gasteiger partial charge in [-0.15, -0.1) is 0 Å². The van der Waals surface area contributed by atoms with Crippen molar-refractivity contribution in [3.8, 4) is 0 Å². The molecule has 0 unspecified atom stereocenters. The van der Waals surface area contributed by atoms with E-state index < -0.39 is 11.5 Å². The summed E-state index contributed by atoms with van der Waals surface area (Å²) in [5.41, 5.74) is 5.26. The summed E-state index contributed by atoms with van der Waals surface area (Å²) < 4.78 is 0. The number of hydrazine groups is 1. The van der Waals surface area contributed by atoms with Crippen LogP contribution in [0, 0.1) is 5.41 Å². The van der Waals surface area contributed by atoms with Crippen LogP contribution < -0.4 is 16.2 Å². The van der Waals surface area contributed by atoms with Crippen LogP contribution >= 0.6 is 11.6 Å². The third kappa shape index (κ3) is 4.97. The minimum atomic E-state index is -1.22. The molecule has 0 spiro atoms. The van der Waals surface area contributed by atoms with Crippen molar-refractivity contribution in [3.05, 3.63) is 28.8 Å². The number of nitrogens with one attached hydrogen (secondary N) is 3. The highest BCUT2D eigenvalue weighted by atomic mass is 35.5. The fraction of sp³-hybridized carbons (Fsp3) is 0.385. The molecule has 0 atom stereocenters. The van der Waals surface area contributed by atoms with E-state index in [0.717, 1.165) is 5.56 Å². The molecule has 0 aliphatic heterocycles. The molecule has 6 nitrogen and oxygen atoms in total. The maximum Gasteiger partial charge on any atom is 0.423 e. The lowest BCUT2D eigenvalue weighted by Gasteiger charge is -2.18. The predicted molar refractivity (Wildman–Crippen MR) is 77.5 cm³/mol. The van der Waals surface area contributed by atoms with Gasteiger partial charge in [0, 0.05) is 12.0 Å². The van der Waals surface area contributed by atoms with Crippen molar-refractivity contribution in [3.63, 3.8) is 0 Å². The molecule has 110 valence electrons. The van der Waals surface area contributed by atoms with Crippen LogP contribution in [0.15, 0.2) is 18.2 Å². The first-order valence-corrected chi connectivity index (χ1v) is 6.39. The number of rotatable bonds is 4. The van der Waals surface area contributed by atoms with Crippen LogP contribution in [-0.2, 0) is 11.3 Å². The Balaban J connectivity index is 2.70. The second kappa shape index (κ2) is 6.47. The Bertz CT molecular complexity index is 512. The molecule has 2 amide bonds. The molecule has 1 aromatic carbocycles. The third-order valence-electron chi connectivity index (χ3n) is 2.47. The monoisotopic (exact) mass is 299 g/mol. The van der Waals surface area contributed by atoms with Crippen LogP contribution in [0.4, 0.5) is 10.5 Å². The Kier molecular flexibility index (Phi) is 5.21. The quantitative estimate of drug-likeness (QED) is 0.643. The first kappa shape index (κ1) is 16.1. The van der Waals surface area contributed by atoms with E-state index in [1.165, 1.54) is 0 Å². The lowest BCUT2D eigenvalue weighted by molar-refractivity contribution is -0.128. The Hall–Kier alpha value is -1.95. The number of hydrogen-bond acceptors (Lipinski definition) is 3. The summed E-state index contributed by atoms with van der Waals surface area (Å²) in [6.07, 6.45) is -1.22. The minimum absolute atomic E-state index is 0.0642. The third-order valence-corrected chi connectivity index (χ3v) is 2.80. The van der Waals surface area contributed by atoms with Crippen LogP contribution in [-0.4, -0.2) is 17.1 Å². The number of anilines is 1. The molecule has 1 aromatic rings. The van der Waals surface area contributed by atoms with Gasteiger partial charge in [-0.2, -0.15) is 0 Å². The van der Waals surface area contributed by atoms with Crippen molar-refractivity contribution < 1.29 is 14.7 Å². The van der Waals surface area contributed by atoms with E-state index in [2.05, 4.69) is 10.7 Å². The lowest BCUT2D eigenvalue weighted by Crippen LogP contribution is -2.34. The summed E-state index contributed by atoms with van der Waals surface area (Å²) in [7, 11) is 0. The van der Waals surface area contributed by atoms with Crippen LogP contribution in [0.25, 0.3) is 0 Å². The summed E-state index contributed by atoms with van der Waals surface area (Å²) in [6, 6.07) is 5.06. The van der Waals surface area contributed by atoms with E-state index in [-0.39, 0.29) is 5.91 Å². The van der Waals surface area contributed by atoms with Crippen molar-refractivity contribution >= 4 is 29.3 Å². The Labute approximate surface area is 122 Å². The molecule has 0 heterocycles. The number of hydrogen-bond donors (Lipinski definition) is 4. The van der Waals surface area contributed by atoms with Gasteiger partial charge in [0.2, 0.25) is 5.91 Å². The van der Waals surface area contributed by atoms with E-state index in [9.17, 15) is 9.59 Å². The second-order valence-electron chi connectivity index (χ2n) is 5.30. The van der Waals surface area contributed by atoms with Gasteiger partial charge < -0.3 is 10.4 Å². The minimum Gasteiger partial charge on any atom is -0.464 e. The summed E-state index contributed by atoms with van der Waals surface area (Å²) >= 11 is 5.93. The zero-order chi connectivity index (χ0) is 15.3. The molecular formula is C13H18ClN3O3. The highest BCUT2D eigenvalue weighted by Gasteiger charge is 2.20. The SMILES string of the molecule is CC(C)(C)C(=O)NCc1ccc(Cl)c(NNC(=O)O)c1. The van der Waals surface area contributed by atoms with Gasteiger partial charge in [-0.25, -0.2) is 10.2 Å². The molecule has 0 aliphatic carbocycles. The fourth-order valence-corrected chi connectivity index (χ4v) is 1.51. The van der Waals surface area contributed by atoms with E-state index >= 15 is 0 Å². The lowest BCUT2D eigenvalue weighted by atomic mass is 9.95. The van der Waals surface area contributed by atoms with Gasteiger partial charge in [-0.3, -0.25) is 10.2 Å². The highest BCUT2D eigenvalue weighted by Crippen LogP contribution is 2.22. The van der Waals surface area contributed by atoms with Crippen molar-refractivity contribution in [2.45, 2.75) is 27.3 Å². The van der Waals surface area contributed by atoms with Gasteiger partial charge in [0.25, 0.3) is 0 Å². The number of benzene rings is 1. The van der Waals surface area contributed by atoms with Crippen molar-refractivity contribution in [2.24, 2.45) is 5.41 Å². The fourth-order valence-electron chi connectivity index (χ4n) is 1.35. The Morgan fingerprint density at radius 2 is 1.95 bits per heavy atom. The zero-order valence-corrected chi connectivity index (χ0v) is 12.3. The zero-order valence-electron chi connectivity index (χ0n) is 11.6. The molecule has 7 heteroatoms. The van der Waals surface area contributed by atoms with Crippen molar-refractivity contribution in [1.29, 1.82) is 0 Å². The number of amides is 2. The van der Waals surface area contributed by atoms with E-state index in [1.54, 1.807) is 18.2 Å². The molecule has 4 N–H and O–H groups in total. The molecule has 0 radical (unpaired) electrons. The maximum atomic E-state index is 11.8. The smallest absolute Gasteiger partial charge is 0.423 e. The highest BCUT2D eigenvalue weighted by molar-refractivity contribution is 6.33. The molecule has 0 aromatic heterocycles. The van der Waals surface area contributed by atoms with E-state index in [0.29, 0.717) is 17.3 Å². The second-order valence-corrected chi connectivity index (χ2v) is 5.71. The van der Waals surface area contributed by atoms with Gasteiger partial charge in [0.1, 0.15) is 0 Å². The van der Waals surface area contributed by atoms with Crippen molar-refractivity contribution in [2.75, 3.05) is 5.43 Å². The standard InChI is InChI=1S/C13H18ClN3O3/c1-13(2,3)11(18)15-7-8-4-5-9(14)10(6-8)16-17-12(19)20/h4-6,16-17H,7H2,1-3H3,(H,15,18)(H,19,20). The van der Waals surface area contributed by atoms with Crippen LogP contribution in [0.2, 0.25) is 5.02 Å². The average Bonchev–Trinajstić information content (AvgIpc) is 2.34. The molecule has 20 heavy (non-hydrogen) atoms. The van der Waals surface area contributed by atoms with Gasteiger partial charge in [-0.05, 0) is 17.7 Å². The van der Waals surface area contributed by atoms with Gasteiger partial charge in [0.05, 0.1) is 10.7 Å². The normalized spacial score (nSPS) is 10.8. The maximum absolute atomic E-state index is 11.8. The van der Waals surface area contributed by atoms with Crippen LogP contribution in [0.5, 0.6) is 0 Å². The Morgan fingerprint density at radius 1 is 1.30 bits per heavy atom. The topological polar surface area (TPSA) is 90.5 Å². The summed E-state index contributed by atoms with van der Waals surface area (Å²) in [6.45, 7) is 5.82. The molecular weight excluding hydrogens is 282 g/mol. The van der Waals surface area contributed by atoms with Gasteiger partial charge >= 0.3 is 6.09 Å². The molecule has 0 fully saturated rings.